The lowest BCUT2D eigenvalue weighted by Crippen LogP contribution is -2.39. The molecule has 0 aromatic heterocycles. The molecule has 1 atom stereocenters. The van der Waals surface area contributed by atoms with E-state index in [0.717, 1.165) is 12.1 Å². The molecule has 1 N–H and O–H groups in total. The molecule has 1 aromatic carbocycles. The van der Waals surface area contributed by atoms with Crippen molar-refractivity contribution in [3.05, 3.63) is 33.8 Å². The molecule has 0 aliphatic heterocycles. The summed E-state index contributed by atoms with van der Waals surface area (Å²) in [5.74, 6) is -3.10. The van der Waals surface area contributed by atoms with Crippen molar-refractivity contribution in [1.82, 2.24) is 5.32 Å². The van der Waals surface area contributed by atoms with Gasteiger partial charge < -0.3 is 5.32 Å². The number of amides is 1. The smallest absolute Gasteiger partial charge is 0.257 e. The number of ketones is 1. The van der Waals surface area contributed by atoms with Crippen LogP contribution in [0.3, 0.4) is 0 Å². The van der Waals surface area contributed by atoms with E-state index in [1.165, 1.54) is 6.92 Å². The second kappa shape index (κ2) is 6.04. The van der Waals surface area contributed by atoms with Crippen LogP contribution in [-0.4, -0.2) is 17.7 Å². The van der Waals surface area contributed by atoms with Gasteiger partial charge in [-0.1, -0.05) is 22.9 Å². The maximum Gasteiger partial charge on any atom is 0.257 e. The van der Waals surface area contributed by atoms with Crippen molar-refractivity contribution >= 4 is 27.6 Å². The first-order valence-corrected chi connectivity index (χ1v) is 6.14. The number of benzene rings is 1. The van der Waals surface area contributed by atoms with Gasteiger partial charge in [-0.2, -0.15) is 0 Å². The van der Waals surface area contributed by atoms with Crippen LogP contribution in [0.4, 0.5) is 8.78 Å². The van der Waals surface area contributed by atoms with Crippen LogP contribution < -0.4 is 5.32 Å². The second-order valence-electron chi connectivity index (χ2n) is 3.76. The van der Waals surface area contributed by atoms with Gasteiger partial charge in [-0.15, -0.1) is 0 Å². The largest absolute Gasteiger partial charge is 0.342 e. The third kappa shape index (κ3) is 3.35. The van der Waals surface area contributed by atoms with E-state index < -0.39 is 29.1 Å². The Morgan fingerprint density at radius 2 is 1.83 bits per heavy atom. The van der Waals surface area contributed by atoms with Gasteiger partial charge in [0.25, 0.3) is 5.91 Å². The fourth-order valence-corrected chi connectivity index (χ4v) is 1.82. The highest BCUT2D eigenvalue weighted by atomic mass is 79.9. The Labute approximate surface area is 112 Å². The van der Waals surface area contributed by atoms with Crippen molar-refractivity contribution in [1.29, 1.82) is 0 Å². The van der Waals surface area contributed by atoms with Crippen LogP contribution in [0.1, 0.15) is 30.6 Å². The molecule has 0 fully saturated rings. The summed E-state index contributed by atoms with van der Waals surface area (Å²) in [5, 5.41) is 2.26. The van der Waals surface area contributed by atoms with Gasteiger partial charge in [0.05, 0.1) is 6.04 Å². The van der Waals surface area contributed by atoms with Crippen molar-refractivity contribution < 1.29 is 18.4 Å². The summed E-state index contributed by atoms with van der Waals surface area (Å²) in [6, 6.07) is 1.21. The summed E-state index contributed by atoms with van der Waals surface area (Å²) in [5.41, 5.74) is -0.686. The highest BCUT2D eigenvalue weighted by Crippen LogP contribution is 2.19. The number of Topliss-reactive ketones (excluding diaryl/α,β-unsaturated/α-hetero) is 1. The molecule has 6 heteroatoms. The molecule has 1 amide bonds. The van der Waals surface area contributed by atoms with E-state index in [1.54, 1.807) is 6.92 Å². The monoisotopic (exact) mass is 319 g/mol. The normalized spacial score (nSPS) is 12.1. The standard InChI is InChI=1S/C12H12BrF2NO2/c1-3-10(17)6(2)16-12(18)11-8(14)4-7(13)5-9(11)15/h4-6H,3H2,1-2H3,(H,16,18). The molecule has 0 bridgehead atoms. The van der Waals surface area contributed by atoms with Crippen LogP contribution in [0.2, 0.25) is 0 Å². The van der Waals surface area contributed by atoms with Gasteiger partial charge in [0.15, 0.2) is 5.78 Å². The lowest BCUT2D eigenvalue weighted by molar-refractivity contribution is -0.120. The van der Waals surface area contributed by atoms with Crippen molar-refractivity contribution in [3.8, 4) is 0 Å². The molecule has 0 heterocycles. The molecule has 98 valence electrons. The number of carbonyl (C=O) groups is 2. The van der Waals surface area contributed by atoms with Gasteiger partial charge in [0.1, 0.15) is 17.2 Å². The zero-order chi connectivity index (χ0) is 13.9. The molecule has 3 nitrogen and oxygen atoms in total. The predicted octanol–water partition coefficient (Wildman–Crippen LogP) is 2.82. The zero-order valence-corrected chi connectivity index (χ0v) is 11.5. The van der Waals surface area contributed by atoms with Crippen LogP contribution in [0.25, 0.3) is 0 Å². The topological polar surface area (TPSA) is 46.2 Å². The quantitative estimate of drug-likeness (QED) is 0.927. The minimum Gasteiger partial charge on any atom is -0.342 e. The van der Waals surface area contributed by atoms with Crippen LogP contribution in [0, 0.1) is 11.6 Å². The summed E-state index contributed by atoms with van der Waals surface area (Å²) in [6.45, 7) is 3.12. The Kier molecular flexibility index (Phi) is 4.95. The Morgan fingerprint density at radius 3 is 2.28 bits per heavy atom. The Bertz CT molecular complexity index is 468. The molecule has 18 heavy (non-hydrogen) atoms. The number of halogens is 3. The van der Waals surface area contributed by atoms with Gasteiger partial charge in [-0.25, -0.2) is 8.78 Å². The zero-order valence-electron chi connectivity index (χ0n) is 9.89. The fraction of sp³-hybridized carbons (Fsp3) is 0.333. The second-order valence-corrected chi connectivity index (χ2v) is 4.68. The van der Waals surface area contributed by atoms with E-state index in [0.29, 0.717) is 0 Å². The molecule has 0 radical (unpaired) electrons. The van der Waals surface area contributed by atoms with Crippen LogP contribution in [-0.2, 0) is 4.79 Å². The number of hydrogen-bond donors (Lipinski definition) is 1. The lowest BCUT2D eigenvalue weighted by atomic mass is 10.1. The van der Waals surface area contributed by atoms with E-state index >= 15 is 0 Å². The first-order valence-electron chi connectivity index (χ1n) is 5.35. The SMILES string of the molecule is CCC(=O)C(C)NC(=O)c1c(F)cc(Br)cc1F. The summed E-state index contributed by atoms with van der Waals surface area (Å²) in [4.78, 5) is 23.0. The molecule has 0 aliphatic carbocycles. The summed E-state index contributed by atoms with van der Waals surface area (Å²) >= 11 is 2.92. The summed E-state index contributed by atoms with van der Waals surface area (Å²) in [7, 11) is 0. The fourth-order valence-electron chi connectivity index (χ4n) is 1.41. The molecule has 1 aromatic rings. The maximum atomic E-state index is 13.5. The minimum atomic E-state index is -0.976. The molecule has 0 saturated carbocycles. The number of rotatable bonds is 4. The minimum absolute atomic E-state index is 0.201. The van der Waals surface area contributed by atoms with Crippen molar-refractivity contribution in [2.24, 2.45) is 0 Å². The number of carbonyl (C=O) groups excluding carboxylic acids is 2. The van der Waals surface area contributed by atoms with E-state index in [1.807, 2.05) is 0 Å². The first-order chi connectivity index (χ1) is 8.36. The van der Waals surface area contributed by atoms with E-state index in [9.17, 15) is 18.4 Å². The van der Waals surface area contributed by atoms with E-state index in [2.05, 4.69) is 21.2 Å². The summed E-state index contributed by atoms with van der Waals surface area (Å²) in [6.07, 6.45) is 0.243. The van der Waals surface area contributed by atoms with Crippen molar-refractivity contribution in [2.45, 2.75) is 26.3 Å². The highest BCUT2D eigenvalue weighted by molar-refractivity contribution is 9.10. The van der Waals surface area contributed by atoms with E-state index in [4.69, 9.17) is 0 Å². The van der Waals surface area contributed by atoms with Crippen molar-refractivity contribution in [2.75, 3.05) is 0 Å². The maximum absolute atomic E-state index is 13.5. The summed E-state index contributed by atoms with van der Waals surface area (Å²) < 4.78 is 27.2. The van der Waals surface area contributed by atoms with Crippen LogP contribution in [0.15, 0.2) is 16.6 Å². The van der Waals surface area contributed by atoms with Crippen LogP contribution >= 0.6 is 15.9 Å². The third-order valence-corrected chi connectivity index (χ3v) is 2.87. The lowest BCUT2D eigenvalue weighted by Gasteiger charge is -2.12. The number of nitrogens with one attached hydrogen (secondary N) is 1. The van der Waals surface area contributed by atoms with Crippen molar-refractivity contribution in [3.63, 3.8) is 0 Å². The Balaban J connectivity index is 2.95. The Morgan fingerprint density at radius 1 is 1.33 bits per heavy atom. The van der Waals surface area contributed by atoms with Gasteiger partial charge >= 0.3 is 0 Å². The van der Waals surface area contributed by atoms with Gasteiger partial charge in [-0.3, -0.25) is 9.59 Å². The molecule has 1 rings (SSSR count). The van der Waals surface area contributed by atoms with Gasteiger partial charge in [-0.05, 0) is 19.1 Å². The molecule has 0 spiro atoms. The molecule has 0 saturated heterocycles. The third-order valence-electron chi connectivity index (χ3n) is 2.41. The first kappa shape index (κ1) is 14.8. The van der Waals surface area contributed by atoms with Gasteiger partial charge in [0, 0.05) is 10.9 Å². The average molecular weight is 320 g/mol. The molecule has 1 unspecified atom stereocenters. The molecular formula is C12H12BrF2NO2. The highest BCUT2D eigenvalue weighted by Gasteiger charge is 2.21. The Hall–Kier alpha value is -1.30. The predicted molar refractivity (Wildman–Crippen MR) is 66.3 cm³/mol. The van der Waals surface area contributed by atoms with E-state index in [-0.39, 0.29) is 16.7 Å². The molecule has 0 aliphatic rings. The number of hydrogen-bond acceptors (Lipinski definition) is 2. The van der Waals surface area contributed by atoms with Crippen LogP contribution in [0.5, 0.6) is 0 Å². The average Bonchev–Trinajstić information content (AvgIpc) is 2.26. The molecular weight excluding hydrogens is 308 g/mol. The van der Waals surface area contributed by atoms with Gasteiger partial charge in [0.2, 0.25) is 0 Å².